The predicted octanol–water partition coefficient (Wildman–Crippen LogP) is 0.571. The molecule has 0 atom stereocenters. The number of rotatable bonds is 4. The van der Waals surface area contributed by atoms with Crippen LogP contribution in [-0.4, -0.2) is 21.5 Å². The number of nitrogens with one attached hydrogen (secondary N) is 2. The van der Waals surface area contributed by atoms with E-state index in [1.807, 2.05) is 13.0 Å². The fourth-order valence-corrected chi connectivity index (χ4v) is 2.24. The summed E-state index contributed by atoms with van der Waals surface area (Å²) in [6.07, 6.45) is 0. The Bertz CT molecular complexity index is 571. The first kappa shape index (κ1) is 14.5. The number of benzene rings is 1. The molecule has 0 saturated heterocycles. The van der Waals surface area contributed by atoms with Crippen molar-refractivity contribution in [1.29, 1.82) is 0 Å². The zero-order valence-electron chi connectivity index (χ0n) is 10.4. The monoisotopic (exact) mass is 267 g/mol. The molecule has 0 aliphatic carbocycles. The van der Waals surface area contributed by atoms with Crippen molar-refractivity contribution in [1.82, 2.24) is 4.72 Å². The molecule has 0 unspecified atom stereocenters. The van der Waals surface area contributed by atoms with Crippen molar-refractivity contribution < 1.29 is 8.42 Å². The molecule has 4 N–H and O–H groups in total. The highest BCUT2D eigenvalue weighted by Crippen LogP contribution is 2.15. The lowest BCUT2D eigenvalue weighted by Crippen LogP contribution is -2.29. The van der Waals surface area contributed by atoms with Crippen LogP contribution in [0.25, 0.3) is 0 Å². The van der Waals surface area contributed by atoms with Crippen LogP contribution < -0.4 is 15.2 Å². The molecule has 0 amide bonds. The second-order valence-corrected chi connectivity index (χ2v) is 5.14. The van der Waals surface area contributed by atoms with Gasteiger partial charge >= 0.3 is 0 Å². The van der Waals surface area contributed by atoms with E-state index in [4.69, 9.17) is 5.73 Å². The minimum Gasteiger partial charge on any atom is -0.320 e. The Morgan fingerprint density at radius 3 is 2.72 bits per heavy atom. The summed E-state index contributed by atoms with van der Waals surface area (Å²) in [5.74, 6) is 5.65. The van der Waals surface area contributed by atoms with Crippen molar-refractivity contribution in [2.75, 3.05) is 17.8 Å². The maximum absolute atomic E-state index is 11.5. The third-order valence-corrected chi connectivity index (χ3v) is 3.32. The van der Waals surface area contributed by atoms with Gasteiger partial charge in [0.1, 0.15) is 0 Å². The van der Waals surface area contributed by atoms with Gasteiger partial charge in [-0.3, -0.25) is 4.72 Å². The van der Waals surface area contributed by atoms with Crippen molar-refractivity contribution >= 4 is 15.9 Å². The highest BCUT2D eigenvalue weighted by molar-refractivity contribution is 7.90. The van der Waals surface area contributed by atoms with Gasteiger partial charge in [-0.15, -0.1) is 0 Å². The minimum absolute atomic E-state index is 0.271. The molecule has 0 bridgehead atoms. The van der Waals surface area contributed by atoms with Gasteiger partial charge in [0.05, 0.1) is 12.2 Å². The molecule has 0 radical (unpaired) electrons. The molecule has 6 heteroatoms. The lowest BCUT2D eigenvalue weighted by Gasteiger charge is -2.09. The molecule has 0 aliphatic heterocycles. The third kappa shape index (κ3) is 4.37. The van der Waals surface area contributed by atoms with Crippen LogP contribution in [0.3, 0.4) is 0 Å². The fourth-order valence-electron chi connectivity index (χ4n) is 1.35. The molecule has 0 aliphatic rings. The van der Waals surface area contributed by atoms with Gasteiger partial charge in [0.25, 0.3) is 10.2 Å². The van der Waals surface area contributed by atoms with E-state index in [-0.39, 0.29) is 6.54 Å². The van der Waals surface area contributed by atoms with Gasteiger partial charge in [0, 0.05) is 12.1 Å². The summed E-state index contributed by atoms with van der Waals surface area (Å²) in [5, 5.41) is 0. The lowest BCUT2D eigenvalue weighted by molar-refractivity contribution is 0.589. The second-order valence-electron chi connectivity index (χ2n) is 3.64. The smallest absolute Gasteiger partial charge is 0.299 e. The number of anilines is 1. The first-order chi connectivity index (χ1) is 8.48. The third-order valence-electron chi connectivity index (χ3n) is 2.15. The highest BCUT2D eigenvalue weighted by Gasteiger charge is 2.08. The first-order valence-corrected chi connectivity index (χ1v) is 7.04. The zero-order chi connectivity index (χ0) is 13.6. The molecule has 1 rings (SSSR count). The van der Waals surface area contributed by atoms with E-state index in [0.717, 1.165) is 11.1 Å². The Kier molecular flexibility index (Phi) is 5.16. The van der Waals surface area contributed by atoms with Crippen LogP contribution in [0.5, 0.6) is 0 Å². The van der Waals surface area contributed by atoms with Gasteiger partial charge < -0.3 is 5.73 Å². The van der Waals surface area contributed by atoms with E-state index in [2.05, 4.69) is 21.3 Å². The maximum atomic E-state index is 11.5. The van der Waals surface area contributed by atoms with E-state index in [1.165, 1.54) is 0 Å². The van der Waals surface area contributed by atoms with Crippen molar-refractivity contribution in [3.05, 3.63) is 29.3 Å². The van der Waals surface area contributed by atoms with E-state index < -0.39 is 10.2 Å². The normalized spacial score (nSPS) is 10.6. The van der Waals surface area contributed by atoms with Crippen LogP contribution in [0.1, 0.15) is 18.1 Å². The summed E-state index contributed by atoms with van der Waals surface area (Å²) < 4.78 is 27.8. The first-order valence-electron chi connectivity index (χ1n) is 5.55. The minimum atomic E-state index is -3.51. The van der Waals surface area contributed by atoms with Crippen LogP contribution >= 0.6 is 0 Å². The SMILES string of the molecule is CCNS(=O)(=O)Nc1ccc(C)c(C#CCN)c1. The Labute approximate surface area is 108 Å². The number of hydrogen-bond donors (Lipinski definition) is 3. The second kappa shape index (κ2) is 6.40. The zero-order valence-corrected chi connectivity index (χ0v) is 11.3. The Morgan fingerprint density at radius 2 is 2.11 bits per heavy atom. The summed E-state index contributed by atoms with van der Waals surface area (Å²) in [7, 11) is -3.51. The molecule has 0 fully saturated rings. The summed E-state index contributed by atoms with van der Waals surface area (Å²) in [6, 6.07) is 5.19. The van der Waals surface area contributed by atoms with Crippen LogP contribution in [0.15, 0.2) is 18.2 Å². The average molecular weight is 267 g/mol. The average Bonchev–Trinajstić information content (AvgIpc) is 2.29. The summed E-state index contributed by atoms with van der Waals surface area (Å²) in [5.41, 5.74) is 7.52. The predicted molar refractivity (Wildman–Crippen MR) is 73.3 cm³/mol. The summed E-state index contributed by atoms with van der Waals surface area (Å²) in [4.78, 5) is 0. The van der Waals surface area contributed by atoms with E-state index >= 15 is 0 Å². The van der Waals surface area contributed by atoms with Crippen molar-refractivity contribution in [3.63, 3.8) is 0 Å². The van der Waals surface area contributed by atoms with Crippen molar-refractivity contribution in [2.24, 2.45) is 5.73 Å². The Balaban J connectivity index is 2.99. The molecule has 0 heterocycles. The molecule has 98 valence electrons. The van der Waals surface area contributed by atoms with Gasteiger partial charge in [-0.05, 0) is 24.6 Å². The van der Waals surface area contributed by atoms with Gasteiger partial charge in [0.2, 0.25) is 0 Å². The fraction of sp³-hybridized carbons (Fsp3) is 0.333. The number of aryl methyl sites for hydroxylation is 1. The lowest BCUT2D eigenvalue weighted by atomic mass is 10.1. The Hall–Kier alpha value is -1.55. The molecular weight excluding hydrogens is 250 g/mol. The van der Waals surface area contributed by atoms with E-state index in [0.29, 0.717) is 12.2 Å². The largest absolute Gasteiger partial charge is 0.320 e. The standard InChI is InChI=1S/C12H17N3O2S/c1-3-14-18(16,17)15-12-7-6-10(2)11(9-12)5-4-8-13/h6-7,9,14-15H,3,8,13H2,1-2H3. The Morgan fingerprint density at radius 1 is 1.39 bits per heavy atom. The molecule has 1 aromatic carbocycles. The number of nitrogens with two attached hydrogens (primary N) is 1. The van der Waals surface area contributed by atoms with Gasteiger partial charge in [-0.2, -0.15) is 13.1 Å². The van der Waals surface area contributed by atoms with E-state index in [1.54, 1.807) is 19.1 Å². The van der Waals surface area contributed by atoms with Crippen LogP contribution in [0.2, 0.25) is 0 Å². The van der Waals surface area contributed by atoms with E-state index in [9.17, 15) is 8.42 Å². The van der Waals surface area contributed by atoms with Crippen LogP contribution in [0.4, 0.5) is 5.69 Å². The molecule has 0 saturated carbocycles. The molecule has 0 aromatic heterocycles. The molecule has 1 aromatic rings. The van der Waals surface area contributed by atoms with Crippen LogP contribution in [-0.2, 0) is 10.2 Å². The quantitative estimate of drug-likeness (QED) is 0.697. The number of hydrogen-bond acceptors (Lipinski definition) is 3. The highest BCUT2D eigenvalue weighted by atomic mass is 32.2. The molecule has 5 nitrogen and oxygen atoms in total. The van der Waals surface area contributed by atoms with Gasteiger partial charge in [0.15, 0.2) is 0 Å². The maximum Gasteiger partial charge on any atom is 0.299 e. The molecule has 0 spiro atoms. The van der Waals surface area contributed by atoms with Gasteiger partial charge in [-0.25, -0.2) is 0 Å². The molecule has 18 heavy (non-hydrogen) atoms. The van der Waals surface area contributed by atoms with Crippen LogP contribution in [0, 0.1) is 18.8 Å². The molecular formula is C12H17N3O2S. The topological polar surface area (TPSA) is 84.2 Å². The summed E-state index contributed by atoms with van der Waals surface area (Å²) in [6.45, 7) is 4.23. The van der Waals surface area contributed by atoms with Gasteiger partial charge in [-0.1, -0.05) is 24.8 Å². The van der Waals surface area contributed by atoms with Crippen molar-refractivity contribution in [3.8, 4) is 11.8 Å². The van der Waals surface area contributed by atoms with Crippen molar-refractivity contribution in [2.45, 2.75) is 13.8 Å². The summed E-state index contributed by atoms with van der Waals surface area (Å²) >= 11 is 0.